The largest absolute Gasteiger partial charge is 0.497 e. The van der Waals surface area contributed by atoms with Gasteiger partial charge in [0.15, 0.2) is 0 Å². The fourth-order valence-corrected chi connectivity index (χ4v) is 1.04. The van der Waals surface area contributed by atoms with Gasteiger partial charge < -0.3 is 15.8 Å². The number of methoxy groups -OCH3 is 1. The van der Waals surface area contributed by atoms with E-state index in [0.717, 1.165) is 18.0 Å². The molecule has 78 valence electrons. The van der Waals surface area contributed by atoms with Gasteiger partial charge >= 0.3 is 0 Å². The zero-order valence-corrected chi connectivity index (χ0v) is 9.00. The second kappa shape index (κ2) is 4.33. The quantitative estimate of drug-likeness (QED) is 0.769. The lowest BCUT2D eigenvalue weighted by atomic mass is 10.1. The Morgan fingerprint density at radius 2 is 1.86 bits per heavy atom. The summed E-state index contributed by atoms with van der Waals surface area (Å²) in [5.74, 6) is 0.863. The number of nitrogens with two attached hydrogens (primary N) is 1. The van der Waals surface area contributed by atoms with Gasteiger partial charge in [-0.05, 0) is 38.1 Å². The molecule has 1 aromatic carbocycles. The summed E-state index contributed by atoms with van der Waals surface area (Å²) in [5, 5.41) is 3.26. The van der Waals surface area contributed by atoms with Crippen LogP contribution in [0.1, 0.15) is 13.8 Å². The highest BCUT2D eigenvalue weighted by Gasteiger charge is 2.09. The predicted octanol–water partition coefficient (Wildman–Crippen LogP) is 1.84. The number of ether oxygens (including phenoxy) is 1. The van der Waals surface area contributed by atoms with Crippen LogP contribution < -0.4 is 15.8 Å². The smallest absolute Gasteiger partial charge is 0.119 e. The highest BCUT2D eigenvalue weighted by Crippen LogP contribution is 2.15. The summed E-state index contributed by atoms with van der Waals surface area (Å²) < 4.78 is 5.06. The maximum atomic E-state index is 5.85. The van der Waals surface area contributed by atoms with Crippen molar-refractivity contribution < 1.29 is 4.74 Å². The molecule has 3 heteroatoms. The third-order valence-electron chi connectivity index (χ3n) is 1.84. The van der Waals surface area contributed by atoms with Crippen LogP contribution >= 0.6 is 0 Å². The molecule has 1 rings (SSSR count). The Morgan fingerprint density at radius 1 is 1.29 bits per heavy atom. The van der Waals surface area contributed by atoms with Crippen molar-refractivity contribution in [2.75, 3.05) is 19.0 Å². The Bertz CT molecular complexity index is 274. The maximum Gasteiger partial charge on any atom is 0.119 e. The fourth-order valence-electron chi connectivity index (χ4n) is 1.04. The Kier molecular flexibility index (Phi) is 3.36. The molecule has 0 saturated heterocycles. The molecule has 3 nitrogen and oxygen atoms in total. The van der Waals surface area contributed by atoms with Gasteiger partial charge in [0.2, 0.25) is 0 Å². The Labute approximate surface area is 85.3 Å². The van der Waals surface area contributed by atoms with Gasteiger partial charge in [-0.1, -0.05) is 0 Å². The second-order valence-electron chi connectivity index (χ2n) is 4.07. The SMILES string of the molecule is COc1ccc(NCC(C)(C)N)cc1. The molecule has 0 heterocycles. The molecular formula is C11H18N2O. The average Bonchev–Trinajstić information content (AvgIpc) is 2.14. The van der Waals surface area contributed by atoms with Crippen molar-refractivity contribution in [1.82, 2.24) is 0 Å². The van der Waals surface area contributed by atoms with Gasteiger partial charge in [-0.25, -0.2) is 0 Å². The van der Waals surface area contributed by atoms with E-state index in [1.54, 1.807) is 7.11 Å². The first-order chi connectivity index (χ1) is 6.51. The van der Waals surface area contributed by atoms with Crippen LogP contribution in [0, 0.1) is 0 Å². The maximum absolute atomic E-state index is 5.85. The van der Waals surface area contributed by atoms with E-state index in [9.17, 15) is 0 Å². The van der Waals surface area contributed by atoms with Crippen molar-refractivity contribution in [3.05, 3.63) is 24.3 Å². The van der Waals surface area contributed by atoms with Crippen LogP contribution in [0.3, 0.4) is 0 Å². The molecule has 1 aromatic rings. The lowest BCUT2D eigenvalue weighted by Gasteiger charge is -2.19. The van der Waals surface area contributed by atoms with Crippen molar-refractivity contribution in [1.29, 1.82) is 0 Å². The van der Waals surface area contributed by atoms with Gasteiger partial charge in [0, 0.05) is 17.8 Å². The van der Waals surface area contributed by atoms with Crippen LogP contribution in [0.2, 0.25) is 0 Å². The minimum atomic E-state index is -0.195. The van der Waals surface area contributed by atoms with E-state index in [4.69, 9.17) is 10.5 Å². The highest BCUT2D eigenvalue weighted by atomic mass is 16.5. The molecular weight excluding hydrogens is 176 g/mol. The number of hydrogen-bond acceptors (Lipinski definition) is 3. The first-order valence-electron chi connectivity index (χ1n) is 4.68. The van der Waals surface area contributed by atoms with E-state index in [0.29, 0.717) is 0 Å². The first kappa shape index (κ1) is 10.9. The molecule has 0 aliphatic carbocycles. The van der Waals surface area contributed by atoms with Crippen molar-refractivity contribution in [3.8, 4) is 5.75 Å². The highest BCUT2D eigenvalue weighted by molar-refractivity contribution is 5.46. The topological polar surface area (TPSA) is 47.3 Å². The zero-order valence-electron chi connectivity index (χ0n) is 9.00. The van der Waals surface area contributed by atoms with Crippen LogP contribution in [0.4, 0.5) is 5.69 Å². The van der Waals surface area contributed by atoms with Gasteiger partial charge in [0.1, 0.15) is 5.75 Å². The fraction of sp³-hybridized carbons (Fsp3) is 0.455. The summed E-state index contributed by atoms with van der Waals surface area (Å²) in [6.07, 6.45) is 0. The zero-order chi connectivity index (χ0) is 10.6. The molecule has 0 spiro atoms. The van der Waals surface area contributed by atoms with Crippen LogP contribution in [0.5, 0.6) is 5.75 Å². The van der Waals surface area contributed by atoms with E-state index in [1.165, 1.54) is 0 Å². The summed E-state index contributed by atoms with van der Waals surface area (Å²) in [4.78, 5) is 0. The van der Waals surface area contributed by atoms with Gasteiger partial charge in [0.05, 0.1) is 7.11 Å². The average molecular weight is 194 g/mol. The number of nitrogens with one attached hydrogen (secondary N) is 1. The van der Waals surface area contributed by atoms with Crippen LogP contribution in [0.25, 0.3) is 0 Å². The van der Waals surface area contributed by atoms with E-state index >= 15 is 0 Å². The third-order valence-corrected chi connectivity index (χ3v) is 1.84. The lowest BCUT2D eigenvalue weighted by Crippen LogP contribution is -2.39. The molecule has 3 N–H and O–H groups in total. The first-order valence-corrected chi connectivity index (χ1v) is 4.68. The monoisotopic (exact) mass is 194 g/mol. The van der Waals surface area contributed by atoms with Gasteiger partial charge in [-0.15, -0.1) is 0 Å². The number of benzene rings is 1. The molecule has 0 aliphatic rings. The summed E-state index contributed by atoms with van der Waals surface area (Å²) in [6.45, 7) is 4.73. The van der Waals surface area contributed by atoms with E-state index in [-0.39, 0.29) is 5.54 Å². The lowest BCUT2D eigenvalue weighted by molar-refractivity contribution is 0.415. The number of hydrogen-bond donors (Lipinski definition) is 2. The van der Waals surface area contributed by atoms with E-state index in [1.807, 2.05) is 38.1 Å². The summed E-state index contributed by atoms with van der Waals surface area (Å²) in [5.41, 5.74) is 6.72. The molecule has 0 radical (unpaired) electrons. The van der Waals surface area contributed by atoms with Crippen LogP contribution in [0.15, 0.2) is 24.3 Å². The standard InChI is InChI=1S/C11H18N2O/c1-11(2,12)8-13-9-4-6-10(14-3)7-5-9/h4-7,13H,8,12H2,1-3H3. The second-order valence-corrected chi connectivity index (χ2v) is 4.07. The number of anilines is 1. The molecule has 0 aliphatic heterocycles. The molecule has 0 atom stereocenters. The Balaban J connectivity index is 2.52. The Hall–Kier alpha value is -1.22. The number of rotatable bonds is 4. The minimum Gasteiger partial charge on any atom is -0.497 e. The van der Waals surface area contributed by atoms with Crippen molar-refractivity contribution in [3.63, 3.8) is 0 Å². The van der Waals surface area contributed by atoms with E-state index < -0.39 is 0 Å². The molecule has 0 saturated carbocycles. The van der Waals surface area contributed by atoms with E-state index in [2.05, 4.69) is 5.32 Å². The summed E-state index contributed by atoms with van der Waals surface area (Å²) in [7, 11) is 1.66. The Morgan fingerprint density at radius 3 is 2.29 bits per heavy atom. The molecule has 0 fully saturated rings. The van der Waals surface area contributed by atoms with Crippen molar-refractivity contribution >= 4 is 5.69 Å². The molecule has 14 heavy (non-hydrogen) atoms. The molecule has 0 amide bonds. The van der Waals surface area contributed by atoms with Gasteiger partial charge in [-0.2, -0.15) is 0 Å². The third kappa shape index (κ3) is 3.66. The minimum absolute atomic E-state index is 0.195. The molecule has 0 unspecified atom stereocenters. The van der Waals surface area contributed by atoms with Gasteiger partial charge in [-0.3, -0.25) is 0 Å². The van der Waals surface area contributed by atoms with Gasteiger partial charge in [0.25, 0.3) is 0 Å². The molecule has 0 aromatic heterocycles. The summed E-state index contributed by atoms with van der Waals surface area (Å²) >= 11 is 0. The van der Waals surface area contributed by atoms with Crippen molar-refractivity contribution in [2.24, 2.45) is 5.73 Å². The normalized spacial score (nSPS) is 11.1. The van der Waals surface area contributed by atoms with Crippen LogP contribution in [-0.4, -0.2) is 19.2 Å². The summed E-state index contributed by atoms with van der Waals surface area (Å²) in [6, 6.07) is 7.80. The van der Waals surface area contributed by atoms with Crippen molar-refractivity contribution in [2.45, 2.75) is 19.4 Å². The predicted molar refractivity (Wildman–Crippen MR) is 59.8 cm³/mol. The van der Waals surface area contributed by atoms with Crippen LogP contribution in [-0.2, 0) is 0 Å². The molecule has 0 bridgehead atoms.